The van der Waals surface area contributed by atoms with Gasteiger partial charge in [0, 0.05) is 6.54 Å². The molecule has 0 saturated carbocycles. The standard InChI is InChI=1S/C19H25N2O5PS/c22-27(25-18-7-3-1-4-8-18,26-19-9-5-2-6-10-19)16-28(23,24)21-15-17-11-13-20-14-12-17/h1-10,17,20-21H,11-16H2. The molecule has 152 valence electrons. The molecular formula is C19H25N2O5PS. The molecule has 9 heteroatoms. The van der Waals surface area contributed by atoms with Crippen LogP contribution >= 0.6 is 7.60 Å². The van der Waals surface area contributed by atoms with E-state index in [4.69, 9.17) is 9.05 Å². The molecule has 3 rings (SSSR count). The summed E-state index contributed by atoms with van der Waals surface area (Å²) in [6, 6.07) is 16.9. The summed E-state index contributed by atoms with van der Waals surface area (Å²) < 4.78 is 52.2. The van der Waals surface area contributed by atoms with Gasteiger partial charge in [-0.25, -0.2) is 17.7 Å². The number of hydrogen-bond donors (Lipinski definition) is 2. The van der Waals surface area contributed by atoms with Crippen molar-refractivity contribution in [3.05, 3.63) is 60.7 Å². The number of benzene rings is 2. The van der Waals surface area contributed by atoms with Gasteiger partial charge in [0.15, 0.2) is 5.49 Å². The number of sulfonamides is 1. The van der Waals surface area contributed by atoms with E-state index in [2.05, 4.69) is 10.0 Å². The zero-order chi connectivity index (χ0) is 19.9. The van der Waals surface area contributed by atoms with Gasteiger partial charge in [0.25, 0.3) is 0 Å². The van der Waals surface area contributed by atoms with Crippen LogP contribution in [0, 0.1) is 5.92 Å². The van der Waals surface area contributed by atoms with Gasteiger partial charge < -0.3 is 14.4 Å². The highest BCUT2D eigenvalue weighted by molar-refractivity contribution is 7.96. The maximum Gasteiger partial charge on any atom is 0.447 e. The minimum absolute atomic E-state index is 0.264. The highest BCUT2D eigenvalue weighted by Crippen LogP contribution is 2.49. The van der Waals surface area contributed by atoms with Gasteiger partial charge in [0.05, 0.1) is 0 Å². The Morgan fingerprint density at radius 2 is 1.43 bits per heavy atom. The Labute approximate surface area is 166 Å². The third-order valence-electron chi connectivity index (χ3n) is 4.35. The third kappa shape index (κ3) is 6.63. The summed E-state index contributed by atoms with van der Waals surface area (Å²) in [4.78, 5) is 0. The first-order valence-electron chi connectivity index (χ1n) is 9.21. The lowest BCUT2D eigenvalue weighted by Gasteiger charge is -2.24. The van der Waals surface area contributed by atoms with Crippen LogP contribution in [0.3, 0.4) is 0 Å². The molecule has 1 aliphatic rings. The first kappa shape index (κ1) is 20.9. The Kier molecular flexibility index (Phi) is 7.13. The Bertz CT molecular complexity index is 842. The van der Waals surface area contributed by atoms with Crippen LogP contribution in [0.5, 0.6) is 11.5 Å². The summed E-state index contributed by atoms with van der Waals surface area (Å²) in [6.45, 7) is 2.07. The van der Waals surface area contributed by atoms with E-state index in [9.17, 15) is 13.0 Å². The van der Waals surface area contributed by atoms with Gasteiger partial charge in [-0.2, -0.15) is 0 Å². The summed E-state index contributed by atoms with van der Waals surface area (Å²) in [5, 5.41) is 3.24. The number of nitrogens with one attached hydrogen (secondary N) is 2. The van der Waals surface area contributed by atoms with E-state index in [1.165, 1.54) is 0 Å². The van der Waals surface area contributed by atoms with Gasteiger partial charge in [-0.3, -0.25) is 0 Å². The molecule has 2 N–H and O–H groups in total. The Hall–Kier alpha value is -1.86. The van der Waals surface area contributed by atoms with Gasteiger partial charge in [0.1, 0.15) is 11.5 Å². The van der Waals surface area contributed by atoms with Gasteiger partial charge in [-0.05, 0) is 56.1 Å². The predicted molar refractivity (Wildman–Crippen MR) is 109 cm³/mol. The number of para-hydroxylation sites is 2. The second kappa shape index (κ2) is 9.56. The number of piperidine rings is 1. The van der Waals surface area contributed by atoms with Crippen molar-refractivity contribution in [2.24, 2.45) is 5.92 Å². The lowest BCUT2D eigenvalue weighted by molar-refractivity contribution is 0.371. The summed E-state index contributed by atoms with van der Waals surface area (Å²) in [7, 11) is -7.88. The molecule has 0 aliphatic carbocycles. The van der Waals surface area contributed by atoms with Gasteiger partial charge in [-0.1, -0.05) is 36.4 Å². The van der Waals surface area contributed by atoms with Crippen LogP contribution in [-0.4, -0.2) is 33.5 Å². The normalized spacial score (nSPS) is 15.9. The molecule has 0 unspecified atom stereocenters. The van der Waals surface area contributed by atoms with Crippen LogP contribution in [-0.2, 0) is 14.6 Å². The van der Waals surface area contributed by atoms with Crippen molar-refractivity contribution in [3.8, 4) is 11.5 Å². The van der Waals surface area contributed by atoms with Crippen molar-refractivity contribution >= 4 is 17.6 Å². The van der Waals surface area contributed by atoms with Crippen molar-refractivity contribution in [2.45, 2.75) is 12.8 Å². The SMILES string of the molecule is O=P(CS(=O)(=O)NCC1CCNCC1)(Oc1ccccc1)Oc1ccccc1. The Morgan fingerprint density at radius 1 is 0.929 bits per heavy atom. The maximum atomic E-state index is 13.3. The summed E-state index contributed by atoms with van der Waals surface area (Å²) in [6.07, 6.45) is 1.81. The topological polar surface area (TPSA) is 93.7 Å². The molecule has 0 amide bonds. The fourth-order valence-electron chi connectivity index (χ4n) is 2.94. The Morgan fingerprint density at radius 3 is 1.93 bits per heavy atom. The Balaban J connectivity index is 1.72. The second-order valence-electron chi connectivity index (χ2n) is 6.71. The van der Waals surface area contributed by atoms with Crippen LogP contribution in [0.25, 0.3) is 0 Å². The molecule has 0 bridgehead atoms. The van der Waals surface area contributed by atoms with Crippen molar-refractivity contribution < 1.29 is 22.0 Å². The molecule has 0 spiro atoms. The lowest BCUT2D eigenvalue weighted by atomic mass is 9.99. The van der Waals surface area contributed by atoms with Crippen LogP contribution in [0.2, 0.25) is 0 Å². The van der Waals surface area contributed by atoms with E-state index < -0.39 is 23.1 Å². The van der Waals surface area contributed by atoms with E-state index in [1.54, 1.807) is 60.7 Å². The molecule has 1 heterocycles. The monoisotopic (exact) mass is 424 g/mol. The molecule has 7 nitrogen and oxygen atoms in total. The first-order valence-corrected chi connectivity index (χ1v) is 12.6. The molecule has 1 saturated heterocycles. The average Bonchev–Trinajstić information content (AvgIpc) is 2.68. The highest BCUT2D eigenvalue weighted by Gasteiger charge is 2.35. The molecule has 2 aromatic rings. The molecule has 2 aromatic carbocycles. The van der Waals surface area contributed by atoms with E-state index in [0.29, 0.717) is 6.54 Å². The van der Waals surface area contributed by atoms with Crippen molar-refractivity contribution in [3.63, 3.8) is 0 Å². The summed E-state index contributed by atoms with van der Waals surface area (Å²) in [5.41, 5.74) is -0.755. The van der Waals surface area contributed by atoms with Gasteiger partial charge >= 0.3 is 7.60 Å². The lowest BCUT2D eigenvalue weighted by Crippen LogP contribution is -2.37. The van der Waals surface area contributed by atoms with E-state index >= 15 is 0 Å². The smallest absolute Gasteiger partial charge is 0.415 e. The molecule has 1 aliphatic heterocycles. The highest BCUT2D eigenvalue weighted by atomic mass is 32.2. The first-order chi connectivity index (χ1) is 13.4. The van der Waals surface area contributed by atoms with E-state index in [1.807, 2.05) is 0 Å². The van der Waals surface area contributed by atoms with Crippen molar-refractivity contribution in [1.29, 1.82) is 0 Å². The van der Waals surface area contributed by atoms with Gasteiger partial charge in [-0.15, -0.1) is 0 Å². The molecule has 1 fully saturated rings. The average molecular weight is 424 g/mol. The van der Waals surface area contributed by atoms with Crippen LogP contribution < -0.4 is 19.1 Å². The maximum absolute atomic E-state index is 13.3. The third-order valence-corrected chi connectivity index (χ3v) is 8.56. The summed E-state index contributed by atoms with van der Waals surface area (Å²) >= 11 is 0. The molecule has 0 radical (unpaired) electrons. The quantitative estimate of drug-likeness (QED) is 0.601. The molecule has 28 heavy (non-hydrogen) atoms. The zero-order valence-electron chi connectivity index (χ0n) is 15.5. The summed E-state index contributed by atoms with van der Waals surface area (Å²) in [5.74, 6) is 0.839. The van der Waals surface area contributed by atoms with Crippen molar-refractivity contribution in [2.75, 3.05) is 25.1 Å². The van der Waals surface area contributed by atoms with Crippen LogP contribution in [0.1, 0.15) is 12.8 Å². The molecule has 0 atom stereocenters. The van der Waals surface area contributed by atoms with E-state index in [0.717, 1.165) is 25.9 Å². The minimum Gasteiger partial charge on any atom is -0.415 e. The zero-order valence-corrected chi connectivity index (χ0v) is 17.2. The second-order valence-corrected chi connectivity index (χ2v) is 10.8. The largest absolute Gasteiger partial charge is 0.447 e. The predicted octanol–water partition coefficient (Wildman–Crippen LogP) is 3.21. The van der Waals surface area contributed by atoms with Crippen molar-refractivity contribution in [1.82, 2.24) is 10.0 Å². The fourth-order valence-corrected chi connectivity index (χ4v) is 6.80. The van der Waals surface area contributed by atoms with Crippen LogP contribution in [0.15, 0.2) is 60.7 Å². The van der Waals surface area contributed by atoms with E-state index in [-0.39, 0.29) is 17.4 Å². The number of rotatable bonds is 9. The fraction of sp³-hybridized carbons (Fsp3) is 0.368. The molecule has 0 aromatic heterocycles. The molecular weight excluding hydrogens is 399 g/mol. The number of hydrogen-bond acceptors (Lipinski definition) is 6. The van der Waals surface area contributed by atoms with Crippen LogP contribution in [0.4, 0.5) is 0 Å². The van der Waals surface area contributed by atoms with Gasteiger partial charge in [0.2, 0.25) is 10.0 Å². The minimum atomic E-state index is -4.02.